The SMILES string of the molecule is CN=C(NCc1c(C)noc1C)NCC1(N2CCSCC2)CCCC1. The number of aryl methyl sites for hydroxylation is 2. The predicted molar refractivity (Wildman–Crippen MR) is 104 cm³/mol. The van der Waals surface area contributed by atoms with Gasteiger partial charge in [-0.3, -0.25) is 9.89 Å². The summed E-state index contributed by atoms with van der Waals surface area (Å²) in [7, 11) is 1.83. The van der Waals surface area contributed by atoms with Crippen molar-refractivity contribution in [3.05, 3.63) is 17.0 Å². The van der Waals surface area contributed by atoms with E-state index in [0.29, 0.717) is 12.1 Å². The maximum absolute atomic E-state index is 5.24. The monoisotopic (exact) mass is 365 g/mol. The number of nitrogens with zero attached hydrogens (tertiary/aromatic N) is 3. The Morgan fingerprint density at radius 3 is 2.56 bits per heavy atom. The molecule has 1 aliphatic carbocycles. The molecular formula is C18H31N5OS. The van der Waals surface area contributed by atoms with E-state index < -0.39 is 0 Å². The Balaban J connectivity index is 1.57. The van der Waals surface area contributed by atoms with E-state index in [9.17, 15) is 0 Å². The number of aromatic nitrogens is 1. The van der Waals surface area contributed by atoms with E-state index in [0.717, 1.165) is 29.5 Å². The molecular weight excluding hydrogens is 334 g/mol. The van der Waals surface area contributed by atoms with Crippen molar-refractivity contribution in [2.45, 2.75) is 51.6 Å². The summed E-state index contributed by atoms with van der Waals surface area (Å²) in [6, 6.07) is 0. The van der Waals surface area contributed by atoms with Crippen LogP contribution >= 0.6 is 11.8 Å². The third-order valence-corrected chi connectivity index (χ3v) is 6.58. The van der Waals surface area contributed by atoms with Crippen molar-refractivity contribution in [1.82, 2.24) is 20.7 Å². The highest BCUT2D eigenvalue weighted by Crippen LogP contribution is 2.36. The lowest BCUT2D eigenvalue weighted by Gasteiger charge is -2.43. The molecule has 2 N–H and O–H groups in total. The van der Waals surface area contributed by atoms with E-state index in [1.54, 1.807) is 0 Å². The smallest absolute Gasteiger partial charge is 0.191 e. The van der Waals surface area contributed by atoms with E-state index in [1.807, 2.05) is 20.9 Å². The summed E-state index contributed by atoms with van der Waals surface area (Å²) in [6.07, 6.45) is 5.28. The average Bonchev–Trinajstić information content (AvgIpc) is 3.25. The number of hydrogen-bond acceptors (Lipinski definition) is 5. The molecule has 2 fully saturated rings. The zero-order valence-electron chi connectivity index (χ0n) is 15.7. The van der Waals surface area contributed by atoms with Gasteiger partial charge >= 0.3 is 0 Å². The first-order valence-corrected chi connectivity index (χ1v) is 10.5. The van der Waals surface area contributed by atoms with Gasteiger partial charge in [0.2, 0.25) is 0 Å². The van der Waals surface area contributed by atoms with Gasteiger partial charge in [0.25, 0.3) is 0 Å². The Morgan fingerprint density at radius 2 is 1.96 bits per heavy atom. The van der Waals surface area contributed by atoms with Gasteiger partial charge in [0.05, 0.1) is 5.69 Å². The van der Waals surface area contributed by atoms with Gasteiger partial charge in [0.15, 0.2) is 5.96 Å². The van der Waals surface area contributed by atoms with Crippen LogP contribution < -0.4 is 10.6 Å². The van der Waals surface area contributed by atoms with Crippen molar-refractivity contribution in [3.8, 4) is 0 Å². The second kappa shape index (κ2) is 8.45. The Bertz CT molecular complexity index is 569. The van der Waals surface area contributed by atoms with Gasteiger partial charge in [-0.1, -0.05) is 18.0 Å². The van der Waals surface area contributed by atoms with Crippen molar-refractivity contribution >= 4 is 17.7 Å². The third kappa shape index (κ3) is 4.31. The molecule has 7 heteroatoms. The summed E-state index contributed by atoms with van der Waals surface area (Å²) in [5.74, 6) is 4.26. The van der Waals surface area contributed by atoms with Crippen molar-refractivity contribution in [1.29, 1.82) is 0 Å². The molecule has 0 unspecified atom stereocenters. The Morgan fingerprint density at radius 1 is 1.24 bits per heavy atom. The largest absolute Gasteiger partial charge is 0.361 e. The maximum Gasteiger partial charge on any atom is 0.191 e. The van der Waals surface area contributed by atoms with Crippen LogP contribution in [0.3, 0.4) is 0 Å². The van der Waals surface area contributed by atoms with Gasteiger partial charge in [-0.05, 0) is 26.7 Å². The average molecular weight is 366 g/mol. The van der Waals surface area contributed by atoms with Gasteiger partial charge in [-0.2, -0.15) is 11.8 Å². The third-order valence-electron chi connectivity index (χ3n) is 5.64. The lowest BCUT2D eigenvalue weighted by Crippen LogP contribution is -2.57. The normalized spacial score (nSPS) is 21.5. The number of thioether (sulfide) groups is 1. The molecule has 140 valence electrons. The molecule has 0 radical (unpaired) electrons. The van der Waals surface area contributed by atoms with Gasteiger partial charge < -0.3 is 15.2 Å². The van der Waals surface area contributed by atoms with Crippen LogP contribution in [0, 0.1) is 13.8 Å². The number of hydrogen-bond donors (Lipinski definition) is 2. The minimum absolute atomic E-state index is 0.307. The number of nitrogens with one attached hydrogen (secondary N) is 2. The molecule has 1 aromatic heterocycles. The minimum atomic E-state index is 0.307. The predicted octanol–water partition coefficient (Wildman–Crippen LogP) is 2.32. The van der Waals surface area contributed by atoms with Gasteiger partial charge in [0.1, 0.15) is 5.76 Å². The standard InChI is InChI=1S/C18H31N5OS/c1-14-16(15(2)24-22-14)12-20-17(19-3)21-13-18(6-4-5-7-18)23-8-10-25-11-9-23/h4-13H2,1-3H3,(H2,19,20,21). The van der Waals surface area contributed by atoms with Crippen LogP contribution in [0.2, 0.25) is 0 Å². The molecule has 1 saturated heterocycles. The van der Waals surface area contributed by atoms with Crippen LogP contribution in [-0.4, -0.2) is 59.7 Å². The Kier molecular flexibility index (Phi) is 6.28. The molecule has 1 aromatic rings. The highest BCUT2D eigenvalue weighted by molar-refractivity contribution is 7.99. The summed E-state index contributed by atoms with van der Waals surface area (Å²) in [5, 5.41) is 11.0. The van der Waals surface area contributed by atoms with Gasteiger partial charge in [-0.15, -0.1) is 0 Å². The lowest BCUT2D eigenvalue weighted by molar-refractivity contribution is 0.107. The van der Waals surface area contributed by atoms with Crippen molar-refractivity contribution in [3.63, 3.8) is 0 Å². The van der Waals surface area contributed by atoms with E-state index in [1.165, 1.54) is 50.3 Å². The molecule has 1 saturated carbocycles. The second-order valence-corrected chi connectivity index (χ2v) is 8.34. The summed E-state index contributed by atoms with van der Waals surface area (Å²) in [4.78, 5) is 7.13. The summed E-state index contributed by atoms with van der Waals surface area (Å²) in [5.41, 5.74) is 2.37. The molecule has 6 nitrogen and oxygen atoms in total. The first kappa shape index (κ1) is 18.6. The molecule has 25 heavy (non-hydrogen) atoms. The quantitative estimate of drug-likeness (QED) is 0.617. The Hall–Kier alpha value is -1.21. The topological polar surface area (TPSA) is 65.7 Å². The maximum atomic E-state index is 5.24. The second-order valence-electron chi connectivity index (χ2n) is 7.11. The van der Waals surface area contributed by atoms with E-state index in [2.05, 4.69) is 37.4 Å². The van der Waals surface area contributed by atoms with Crippen LogP contribution in [-0.2, 0) is 6.54 Å². The van der Waals surface area contributed by atoms with Crippen molar-refractivity contribution in [2.24, 2.45) is 4.99 Å². The molecule has 0 aromatic carbocycles. The molecule has 2 aliphatic rings. The van der Waals surface area contributed by atoms with Crippen LogP contribution in [0.25, 0.3) is 0 Å². The minimum Gasteiger partial charge on any atom is -0.361 e. The summed E-state index contributed by atoms with van der Waals surface area (Å²) < 4.78 is 5.24. The molecule has 3 rings (SSSR count). The number of guanidine groups is 1. The van der Waals surface area contributed by atoms with E-state index >= 15 is 0 Å². The first-order valence-electron chi connectivity index (χ1n) is 9.34. The molecule has 0 spiro atoms. The van der Waals surface area contributed by atoms with Gasteiger partial charge in [0, 0.05) is 55.8 Å². The fraction of sp³-hybridized carbons (Fsp3) is 0.778. The zero-order chi connectivity index (χ0) is 17.7. The van der Waals surface area contributed by atoms with Crippen molar-refractivity contribution in [2.75, 3.05) is 38.2 Å². The molecule has 1 aliphatic heterocycles. The summed E-state index contributed by atoms with van der Waals surface area (Å²) in [6.45, 7) is 8.03. The number of aliphatic imine (C=N–C) groups is 1. The highest BCUT2D eigenvalue weighted by Gasteiger charge is 2.39. The molecule has 2 heterocycles. The molecule has 0 amide bonds. The van der Waals surface area contributed by atoms with Crippen LogP contribution in [0.15, 0.2) is 9.52 Å². The molecule has 0 atom stereocenters. The highest BCUT2D eigenvalue weighted by atomic mass is 32.2. The van der Waals surface area contributed by atoms with Gasteiger partial charge in [-0.25, -0.2) is 0 Å². The summed E-state index contributed by atoms with van der Waals surface area (Å²) >= 11 is 2.08. The molecule has 0 bridgehead atoms. The van der Waals surface area contributed by atoms with E-state index in [4.69, 9.17) is 4.52 Å². The van der Waals surface area contributed by atoms with Crippen LogP contribution in [0.5, 0.6) is 0 Å². The first-order chi connectivity index (χ1) is 12.1. The van der Waals surface area contributed by atoms with Crippen LogP contribution in [0.4, 0.5) is 0 Å². The lowest BCUT2D eigenvalue weighted by atomic mass is 9.94. The Labute approximate surface area is 155 Å². The van der Waals surface area contributed by atoms with Crippen LogP contribution in [0.1, 0.15) is 42.7 Å². The fourth-order valence-corrected chi connectivity index (χ4v) is 4.97. The fourth-order valence-electron chi connectivity index (χ4n) is 4.07. The number of rotatable bonds is 5. The van der Waals surface area contributed by atoms with E-state index in [-0.39, 0.29) is 0 Å². The van der Waals surface area contributed by atoms with Crippen molar-refractivity contribution < 1.29 is 4.52 Å². The zero-order valence-corrected chi connectivity index (χ0v) is 16.5.